The second kappa shape index (κ2) is 4.07. The van der Waals surface area contributed by atoms with E-state index >= 15 is 0 Å². The Hall–Kier alpha value is -0.600. The van der Waals surface area contributed by atoms with Crippen LogP contribution in [0.2, 0.25) is 5.02 Å². The lowest BCUT2D eigenvalue weighted by atomic mass is 9.98. The fraction of sp³-hybridized carbons (Fsp3) is 0.400. The van der Waals surface area contributed by atoms with E-state index in [1.165, 1.54) is 6.92 Å². The van der Waals surface area contributed by atoms with Crippen LogP contribution in [0.3, 0.4) is 0 Å². The third-order valence-corrected chi connectivity index (χ3v) is 2.31. The second-order valence-electron chi connectivity index (χ2n) is 3.39. The van der Waals surface area contributed by atoms with Crippen LogP contribution >= 0.6 is 11.6 Å². The smallest absolute Gasteiger partial charge is 0.124 e. The first-order chi connectivity index (χ1) is 6.05. The predicted octanol–water partition coefficient (Wildman–Crippen LogP) is 2.57. The van der Waals surface area contributed by atoms with Gasteiger partial charge in [-0.05, 0) is 18.6 Å². The molecule has 2 N–H and O–H groups in total. The Bertz CT molecular complexity index is 286. The van der Waals surface area contributed by atoms with E-state index in [9.17, 15) is 4.39 Å². The summed E-state index contributed by atoms with van der Waals surface area (Å²) in [5, 5.41) is 0.597. The number of halogens is 2. The highest BCUT2D eigenvalue weighted by Crippen LogP contribution is 2.22. The van der Waals surface area contributed by atoms with Crippen molar-refractivity contribution in [1.29, 1.82) is 0 Å². The summed E-state index contributed by atoms with van der Waals surface area (Å²) in [5.74, 6) is 0. The molecule has 0 heterocycles. The van der Waals surface area contributed by atoms with Gasteiger partial charge in [0.25, 0.3) is 0 Å². The first-order valence-corrected chi connectivity index (χ1v) is 4.55. The molecule has 72 valence electrons. The second-order valence-corrected chi connectivity index (χ2v) is 3.79. The van der Waals surface area contributed by atoms with Gasteiger partial charge < -0.3 is 5.73 Å². The van der Waals surface area contributed by atoms with Crippen LogP contribution in [0, 0.1) is 0 Å². The minimum Gasteiger partial charge on any atom is -0.328 e. The van der Waals surface area contributed by atoms with E-state index in [1.807, 2.05) is 18.2 Å². The largest absolute Gasteiger partial charge is 0.328 e. The van der Waals surface area contributed by atoms with Gasteiger partial charge in [-0.15, -0.1) is 0 Å². The minimum atomic E-state index is -1.37. The zero-order chi connectivity index (χ0) is 9.90. The van der Waals surface area contributed by atoms with E-state index in [-0.39, 0.29) is 13.0 Å². The average Bonchev–Trinajstić information content (AvgIpc) is 2.09. The molecule has 0 spiro atoms. The lowest BCUT2D eigenvalue weighted by Crippen LogP contribution is -2.31. The quantitative estimate of drug-likeness (QED) is 0.800. The maximum Gasteiger partial charge on any atom is 0.124 e. The van der Waals surface area contributed by atoms with Crippen LogP contribution in [0.15, 0.2) is 24.3 Å². The van der Waals surface area contributed by atoms with Gasteiger partial charge in [-0.3, -0.25) is 0 Å². The maximum absolute atomic E-state index is 13.5. The topological polar surface area (TPSA) is 26.0 Å². The van der Waals surface area contributed by atoms with Crippen LogP contribution in [0.4, 0.5) is 4.39 Å². The van der Waals surface area contributed by atoms with Crippen LogP contribution < -0.4 is 5.73 Å². The van der Waals surface area contributed by atoms with E-state index in [2.05, 4.69) is 0 Å². The van der Waals surface area contributed by atoms with Gasteiger partial charge in [0.05, 0.1) is 0 Å². The van der Waals surface area contributed by atoms with Crippen molar-refractivity contribution < 1.29 is 4.39 Å². The van der Waals surface area contributed by atoms with E-state index in [4.69, 9.17) is 17.3 Å². The Kier molecular flexibility index (Phi) is 3.28. The molecular formula is C10H13ClFN. The van der Waals surface area contributed by atoms with Gasteiger partial charge in [0.15, 0.2) is 0 Å². The SMILES string of the molecule is CC(F)(CN)Cc1ccccc1Cl. The van der Waals surface area contributed by atoms with Crippen LogP contribution in [0.1, 0.15) is 12.5 Å². The number of nitrogens with two attached hydrogens (primary N) is 1. The summed E-state index contributed by atoms with van der Waals surface area (Å²) >= 11 is 5.88. The molecule has 0 radical (unpaired) electrons. The first-order valence-electron chi connectivity index (χ1n) is 4.17. The molecule has 1 aromatic rings. The summed E-state index contributed by atoms with van der Waals surface area (Å²) in [6, 6.07) is 7.23. The van der Waals surface area contributed by atoms with Gasteiger partial charge in [0.2, 0.25) is 0 Å². The van der Waals surface area contributed by atoms with Crippen molar-refractivity contribution in [2.24, 2.45) is 5.73 Å². The molecular weight excluding hydrogens is 189 g/mol. The van der Waals surface area contributed by atoms with Crippen LogP contribution in [-0.2, 0) is 6.42 Å². The number of hydrogen-bond acceptors (Lipinski definition) is 1. The molecule has 0 aliphatic carbocycles. The van der Waals surface area contributed by atoms with Gasteiger partial charge in [-0.2, -0.15) is 0 Å². The lowest BCUT2D eigenvalue weighted by Gasteiger charge is -2.18. The van der Waals surface area contributed by atoms with Crippen molar-refractivity contribution >= 4 is 11.6 Å². The van der Waals surface area contributed by atoms with Gasteiger partial charge in [-0.25, -0.2) is 4.39 Å². The molecule has 13 heavy (non-hydrogen) atoms. The summed E-state index contributed by atoms with van der Waals surface area (Å²) in [4.78, 5) is 0. The van der Waals surface area contributed by atoms with Gasteiger partial charge in [-0.1, -0.05) is 29.8 Å². The van der Waals surface area contributed by atoms with Crippen molar-refractivity contribution in [2.75, 3.05) is 6.54 Å². The van der Waals surface area contributed by atoms with Crippen molar-refractivity contribution in [3.05, 3.63) is 34.9 Å². The first kappa shape index (κ1) is 10.5. The molecule has 1 nitrogen and oxygen atoms in total. The van der Waals surface area contributed by atoms with Crippen molar-refractivity contribution in [1.82, 2.24) is 0 Å². The van der Waals surface area contributed by atoms with Gasteiger partial charge in [0.1, 0.15) is 5.67 Å². The van der Waals surface area contributed by atoms with E-state index in [0.29, 0.717) is 5.02 Å². The van der Waals surface area contributed by atoms with Crippen molar-refractivity contribution in [3.8, 4) is 0 Å². The summed E-state index contributed by atoms with van der Waals surface area (Å²) in [5.41, 5.74) is 4.72. The number of benzene rings is 1. The number of hydrogen-bond donors (Lipinski definition) is 1. The highest BCUT2D eigenvalue weighted by Gasteiger charge is 2.22. The Balaban J connectivity index is 2.80. The van der Waals surface area contributed by atoms with Crippen molar-refractivity contribution in [2.45, 2.75) is 19.0 Å². The number of rotatable bonds is 3. The Labute approximate surface area is 82.7 Å². The highest BCUT2D eigenvalue weighted by atomic mass is 35.5. The molecule has 0 saturated carbocycles. The third kappa shape index (κ3) is 2.98. The Morgan fingerprint density at radius 2 is 2.08 bits per heavy atom. The van der Waals surface area contributed by atoms with E-state index in [0.717, 1.165) is 5.56 Å². The average molecular weight is 202 g/mol. The monoisotopic (exact) mass is 201 g/mol. The highest BCUT2D eigenvalue weighted by molar-refractivity contribution is 6.31. The third-order valence-electron chi connectivity index (χ3n) is 1.94. The van der Waals surface area contributed by atoms with E-state index in [1.54, 1.807) is 6.07 Å². The Morgan fingerprint density at radius 1 is 1.46 bits per heavy atom. The molecule has 1 rings (SSSR count). The molecule has 0 aliphatic heterocycles. The minimum absolute atomic E-state index is 0.0121. The fourth-order valence-electron chi connectivity index (χ4n) is 1.11. The molecule has 0 saturated heterocycles. The zero-order valence-corrected chi connectivity index (χ0v) is 8.31. The Morgan fingerprint density at radius 3 is 2.62 bits per heavy atom. The number of alkyl halides is 1. The summed E-state index contributed by atoms with van der Waals surface area (Å²) < 4.78 is 13.5. The molecule has 1 unspecified atom stereocenters. The van der Waals surface area contributed by atoms with Crippen molar-refractivity contribution in [3.63, 3.8) is 0 Å². The van der Waals surface area contributed by atoms with Crippen LogP contribution in [0.5, 0.6) is 0 Å². The van der Waals surface area contributed by atoms with Crippen LogP contribution in [-0.4, -0.2) is 12.2 Å². The molecule has 0 aromatic heterocycles. The lowest BCUT2D eigenvalue weighted by molar-refractivity contribution is 0.200. The molecule has 0 amide bonds. The molecule has 0 aliphatic rings. The molecule has 0 fully saturated rings. The van der Waals surface area contributed by atoms with E-state index < -0.39 is 5.67 Å². The predicted molar refractivity (Wildman–Crippen MR) is 53.7 cm³/mol. The van der Waals surface area contributed by atoms with Gasteiger partial charge in [0, 0.05) is 18.0 Å². The summed E-state index contributed by atoms with van der Waals surface area (Å²) in [7, 11) is 0. The summed E-state index contributed by atoms with van der Waals surface area (Å²) in [6.07, 6.45) is 0.267. The molecule has 0 bridgehead atoms. The molecule has 3 heteroatoms. The fourth-order valence-corrected chi connectivity index (χ4v) is 1.31. The van der Waals surface area contributed by atoms with Crippen LogP contribution in [0.25, 0.3) is 0 Å². The molecule has 1 aromatic carbocycles. The van der Waals surface area contributed by atoms with Gasteiger partial charge >= 0.3 is 0 Å². The maximum atomic E-state index is 13.5. The summed E-state index contributed by atoms with van der Waals surface area (Å²) in [6.45, 7) is 1.49. The molecule has 1 atom stereocenters. The standard InChI is InChI=1S/C10H13ClFN/c1-10(12,7-13)6-8-4-2-3-5-9(8)11/h2-5H,6-7,13H2,1H3. The normalized spacial score (nSPS) is 15.4. The zero-order valence-electron chi connectivity index (χ0n) is 7.56.